The highest BCUT2D eigenvalue weighted by atomic mass is 16.3. The van der Waals surface area contributed by atoms with Crippen LogP contribution in [-0.4, -0.2) is 38.9 Å². The lowest BCUT2D eigenvalue weighted by atomic mass is 9.50. The van der Waals surface area contributed by atoms with Gasteiger partial charge in [-0.15, -0.1) is 0 Å². The molecule has 1 unspecified atom stereocenters. The fourth-order valence-corrected chi connectivity index (χ4v) is 4.90. The Labute approximate surface area is 138 Å². The minimum atomic E-state index is -1.30. The lowest BCUT2D eigenvalue weighted by Crippen LogP contribution is -2.68. The summed E-state index contributed by atoms with van der Waals surface area (Å²) in [6.45, 7) is 1.80. The first kappa shape index (κ1) is 17.0. The van der Waals surface area contributed by atoms with Crippen molar-refractivity contribution in [2.45, 2.75) is 76.1 Å². The van der Waals surface area contributed by atoms with Crippen LogP contribution in [0.25, 0.3) is 0 Å². The molecule has 3 fully saturated rings. The smallest absolute Gasteiger partial charge is 0.167 e. The standard InChI is InChI=1S/C19H28O4/c1-12-17-15(16(21)9-10-19(17,23)18(12)22)8-7-14(20)11-13-5-3-2-4-6-13/h12-17,20-21,23H,2-6,9-11H2,1H3/t12?,14-,15-,16+,17+,19+/m1/s1. The van der Waals surface area contributed by atoms with E-state index in [4.69, 9.17) is 0 Å². The minimum absolute atomic E-state index is 0.121. The average molecular weight is 320 g/mol. The van der Waals surface area contributed by atoms with Gasteiger partial charge in [-0.2, -0.15) is 0 Å². The zero-order chi connectivity index (χ0) is 16.6. The van der Waals surface area contributed by atoms with E-state index in [1.165, 1.54) is 32.1 Å². The largest absolute Gasteiger partial charge is 0.392 e. The second kappa shape index (κ2) is 6.55. The molecule has 3 N–H and O–H groups in total. The van der Waals surface area contributed by atoms with Crippen molar-refractivity contribution < 1.29 is 20.1 Å². The van der Waals surface area contributed by atoms with Gasteiger partial charge in [0.25, 0.3) is 0 Å². The van der Waals surface area contributed by atoms with Crippen molar-refractivity contribution in [3.63, 3.8) is 0 Å². The molecule has 0 aliphatic heterocycles. The summed E-state index contributed by atoms with van der Waals surface area (Å²) in [6.07, 6.45) is 6.21. The zero-order valence-corrected chi connectivity index (χ0v) is 13.9. The van der Waals surface area contributed by atoms with Crippen LogP contribution in [0.15, 0.2) is 0 Å². The van der Waals surface area contributed by atoms with Crippen molar-refractivity contribution in [3.8, 4) is 11.8 Å². The number of ketones is 1. The molecule has 0 spiro atoms. The predicted octanol–water partition coefficient (Wildman–Crippen LogP) is 1.66. The van der Waals surface area contributed by atoms with Crippen LogP contribution in [0.3, 0.4) is 0 Å². The maximum Gasteiger partial charge on any atom is 0.167 e. The third-order valence-corrected chi connectivity index (χ3v) is 6.25. The number of rotatable bonds is 2. The Morgan fingerprint density at radius 3 is 2.65 bits per heavy atom. The first-order chi connectivity index (χ1) is 10.9. The molecule has 0 saturated heterocycles. The highest BCUT2D eigenvalue weighted by Crippen LogP contribution is 2.52. The molecule has 0 bridgehead atoms. The number of aliphatic hydroxyl groups is 3. The van der Waals surface area contributed by atoms with E-state index >= 15 is 0 Å². The summed E-state index contributed by atoms with van der Waals surface area (Å²) >= 11 is 0. The highest BCUT2D eigenvalue weighted by molar-refractivity contribution is 5.96. The molecular weight excluding hydrogens is 292 g/mol. The molecule has 0 heterocycles. The van der Waals surface area contributed by atoms with Gasteiger partial charge in [0.05, 0.1) is 12.0 Å². The molecule has 0 aromatic rings. The van der Waals surface area contributed by atoms with E-state index in [1.54, 1.807) is 6.92 Å². The molecule has 0 aromatic heterocycles. The Bertz CT molecular complexity index is 513. The second-order valence-corrected chi connectivity index (χ2v) is 7.78. The maximum absolute atomic E-state index is 11.9. The summed E-state index contributed by atoms with van der Waals surface area (Å²) in [5, 5.41) is 30.9. The zero-order valence-electron chi connectivity index (χ0n) is 13.9. The number of carbonyl (C=O) groups is 1. The van der Waals surface area contributed by atoms with Crippen molar-refractivity contribution in [3.05, 3.63) is 0 Å². The fourth-order valence-electron chi connectivity index (χ4n) is 4.90. The third-order valence-electron chi connectivity index (χ3n) is 6.25. The van der Waals surface area contributed by atoms with E-state index in [0.717, 1.165) is 0 Å². The van der Waals surface area contributed by atoms with Gasteiger partial charge in [0, 0.05) is 11.8 Å². The van der Waals surface area contributed by atoms with Gasteiger partial charge in [-0.25, -0.2) is 0 Å². The van der Waals surface area contributed by atoms with Crippen molar-refractivity contribution in [1.82, 2.24) is 0 Å². The number of aliphatic hydroxyl groups excluding tert-OH is 2. The van der Waals surface area contributed by atoms with E-state index in [2.05, 4.69) is 11.8 Å². The van der Waals surface area contributed by atoms with Crippen LogP contribution in [0.2, 0.25) is 0 Å². The van der Waals surface area contributed by atoms with E-state index < -0.39 is 23.7 Å². The van der Waals surface area contributed by atoms with E-state index in [-0.39, 0.29) is 17.6 Å². The molecule has 128 valence electrons. The van der Waals surface area contributed by atoms with Crippen LogP contribution in [0.1, 0.15) is 58.3 Å². The molecule has 0 aromatic carbocycles. The van der Waals surface area contributed by atoms with Crippen molar-refractivity contribution in [1.29, 1.82) is 0 Å². The second-order valence-electron chi connectivity index (χ2n) is 7.78. The molecule has 4 heteroatoms. The number of hydrogen-bond donors (Lipinski definition) is 3. The first-order valence-corrected chi connectivity index (χ1v) is 9.07. The van der Waals surface area contributed by atoms with Crippen molar-refractivity contribution in [2.75, 3.05) is 0 Å². The summed E-state index contributed by atoms with van der Waals surface area (Å²) in [4.78, 5) is 11.9. The minimum Gasteiger partial charge on any atom is -0.392 e. The highest BCUT2D eigenvalue weighted by Gasteiger charge is 2.64. The average Bonchev–Trinajstić information content (AvgIpc) is 2.55. The molecule has 0 amide bonds. The Balaban J connectivity index is 1.65. The Kier molecular flexibility index (Phi) is 4.83. The van der Waals surface area contributed by atoms with Crippen molar-refractivity contribution in [2.24, 2.45) is 23.7 Å². The van der Waals surface area contributed by atoms with Gasteiger partial charge in [-0.3, -0.25) is 4.79 Å². The summed E-state index contributed by atoms with van der Waals surface area (Å²) in [5.41, 5.74) is -1.30. The maximum atomic E-state index is 11.9. The van der Waals surface area contributed by atoms with Gasteiger partial charge >= 0.3 is 0 Å². The number of Topliss-reactive ketones (excluding diaryl/α,β-unsaturated/α-hetero) is 1. The third kappa shape index (κ3) is 3.07. The fraction of sp³-hybridized carbons (Fsp3) is 0.842. The van der Waals surface area contributed by atoms with E-state index in [9.17, 15) is 20.1 Å². The Hall–Kier alpha value is -0.890. The molecule has 3 saturated carbocycles. The summed E-state index contributed by atoms with van der Waals surface area (Å²) < 4.78 is 0. The van der Waals surface area contributed by atoms with E-state index in [0.29, 0.717) is 25.2 Å². The lowest BCUT2D eigenvalue weighted by Gasteiger charge is -2.55. The first-order valence-electron chi connectivity index (χ1n) is 9.07. The van der Waals surface area contributed by atoms with Crippen LogP contribution >= 0.6 is 0 Å². The van der Waals surface area contributed by atoms with Crippen molar-refractivity contribution >= 4 is 5.78 Å². The summed E-state index contributed by atoms with van der Waals surface area (Å²) in [7, 11) is 0. The number of carbonyl (C=O) groups excluding carboxylic acids is 1. The van der Waals surface area contributed by atoms with Crippen LogP contribution in [0.4, 0.5) is 0 Å². The van der Waals surface area contributed by atoms with Gasteiger partial charge in [0.15, 0.2) is 5.78 Å². The molecule has 3 aliphatic carbocycles. The van der Waals surface area contributed by atoms with E-state index in [1.807, 2.05) is 0 Å². The number of fused-ring (bicyclic) bond motifs is 1. The van der Waals surface area contributed by atoms with Gasteiger partial charge in [0.2, 0.25) is 0 Å². The van der Waals surface area contributed by atoms with Gasteiger partial charge < -0.3 is 15.3 Å². The molecule has 3 rings (SSSR count). The molecule has 4 nitrogen and oxygen atoms in total. The number of hydrogen-bond acceptors (Lipinski definition) is 4. The Morgan fingerprint density at radius 1 is 1.26 bits per heavy atom. The predicted molar refractivity (Wildman–Crippen MR) is 86.3 cm³/mol. The normalized spacial score (nSPS) is 42.2. The van der Waals surface area contributed by atoms with Crippen LogP contribution in [0.5, 0.6) is 0 Å². The topological polar surface area (TPSA) is 77.8 Å². The molecule has 23 heavy (non-hydrogen) atoms. The molecule has 3 aliphatic rings. The lowest BCUT2D eigenvalue weighted by molar-refractivity contribution is -0.196. The summed E-state index contributed by atoms with van der Waals surface area (Å²) in [6, 6.07) is 0. The molecule has 6 atom stereocenters. The SMILES string of the molecule is CC1C(=O)[C@]2(O)CC[C@H](O)[C@@H](C#C[C@@H](O)CC3CCCCC3)[C@H]12. The van der Waals surface area contributed by atoms with Gasteiger partial charge in [0.1, 0.15) is 11.7 Å². The molecular formula is C19H28O4. The quantitative estimate of drug-likeness (QED) is 0.676. The van der Waals surface area contributed by atoms with Crippen LogP contribution in [0, 0.1) is 35.5 Å². The molecule has 0 radical (unpaired) electrons. The van der Waals surface area contributed by atoms with Crippen LogP contribution in [-0.2, 0) is 4.79 Å². The van der Waals surface area contributed by atoms with Crippen LogP contribution < -0.4 is 0 Å². The Morgan fingerprint density at radius 2 is 1.96 bits per heavy atom. The monoisotopic (exact) mass is 320 g/mol. The summed E-state index contributed by atoms with van der Waals surface area (Å²) in [5.74, 6) is 5.35. The van der Waals surface area contributed by atoms with Gasteiger partial charge in [-0.05, 0) is 25.2 Å². The van der Waals surface area contributed by atoms with Gasteiger partial charge in [-0.1, -0.05) is 50.9 Å².